The number of phenols is 1. The zero-order valence-corrected chi connectivity index (χ0v) is 12.2. The third kappa shape index (κ3) is 2.84. The minimum absolute atomic E-state index is 0.0797. The third-order valence-electron chi connectivity index (χ3n) is 2.95. The summed E-state index contributed by atoms with van der Waals surface area (Å²) >= 11 is 0. The Labute approximate surface area is 121 Å². The van der Waals surface area contributed by atoms with E-state index in [2.05, 4.69) is 9.71 Å². The fourth-order valence-corrected chi connectivity index (χ4v) is 3.62. The first-order valence-electron chi connectivity index (χ1n) is 5.96. The molecule has 0 radical (unpaired) electrons. The van der Waals surface area contributed by atoms with E-state index in [0.717, 1.165) is 0 Å². The summed E-state index contributed by atoms with van der Waals surface area (Å²) in [6.45, 7) is 2.90. The highest BCUT2D eigenvalue weighted by atomic mass is 32.2. The van der Waals surface area contributed by atoms with Crippen molar-refractivity contribution in [3.8, 4) is 5.75 Å². The van der Waals surface area contributed by atoms with Gasteiger partial charge in [-0.05, 0) is 26.0 Å². The Morgan fingerprint density at radius 2 is 1.95 bits per heavy atom. The number of aromatic hydroxyl groups is 1. The van der Waals surface area contributed by atoms with Crippen LogP contribution in [0.15, 0.2) is 29.2 Å². The molecule has 0 bridgehead atoms. The van der Waals surface area contributed by atoms with Gasteiger partial charge in [0.05, 0.1) is 5.69 Å². The number of aromatic amines is 1. The van der Waals surface area contributed by atoms with Gasteiger partial charge in [0.2, 0.25) is 0 Å². The van der Waals surface area contributed by atoms with E-state index >= 15 is 0 Å². The molecule has 7 nitrogen and oxygen atoms in total. The number of phenolic OH excluding ortho intramolecular Hbond substituents is 1. The first kappa shape index (κ1) is 14.9. The summed E-state index contributed by atoms with van der Waals surface area (Å²) < 4.78 is 27.1. The smallest absolute Gasteiger partial charge is 0.352 e. The number of aromatic nitrogens is 1. The van der Waals surface area contributed by atoms with Gasteiger partial charge in [-0.15, -0.1) is 0 Å². The third-order valence-corrected chi connectivity index (χ3v) is 4.60. The fourth-order valence-electron chi connectivity index (χ4n) is 2.13. The summed E-state index contributed by atoms with van der Waals surface area (Å²) in [4.78, 5) is 13.5. The molecule has 1 aromatic carbocycles. The number of carbonyl (C=O) groups is 1. The number of aromatic carboxylic acids is 1. The molecule has 8 heteroatoms. The van der Waals surface area contributed by atoms with E-state index in [1.54, 1.807) is 0 Å². The van der Waals surface area contributed by atoms with Gasteiger partial charge >= 0.3 is 5.97 Å². The topological polar surface area (TPSA) is 119 Å². The number of H-pyrrole nitrogens is 1. The van der Waals surface area contributed by atoms with E-state index in [0.29, 0.717) is 0 Å². The Balaban J connectivity index is 2.48. The summed E-state index contributed by atoms with van der Waals surface area (Å²) in [5, 5.41) is 18.4. The maximum absolute atomic E-state index is 12.4. The number of benzene rings is 1. The highest BCUT2D eigenvalue weighted by Crippen LogP contribution is 2.26. The molecule has 112 valence electrons. The molecule has 0 fully saturated rings. The number of sulfonamides is 1. The van der Waals surface area contributed by atoms with Crippen LogP contribution in [0.25, 0.3) is 0 Å². The van der Waals surface area contributed by atoms with E-state index in [9.17, 15) is 18.3 Å². The maximum atomic E-state index is 12.4. The molecular formula is C13H14N2O5S. The van der Waals surface area contributed by atoms with Crippen LogP contribution >= 0.6 is 0 Å². The monoisotopic (exact) mass is 310 g/mol. The molecule has 2 aromatic rings. The zero-order valence-electron chi connectivity index (χ0n) is 11.3. The molecule has 0 aliphatic carbocycles. The van der Waals surface area contributed by atoms with E-state index in [1.165, 1.54) is 38.1 Å². The number of aryl methyl sites for hydroxylation is 1. The van der Waals surface area contributed by atoms with E-state index in [-0.39, 0.29) is 33.3 Å². The molecule has 0 saturated heterocycles. The second-order valence-corrected chi connectivity index (χ2v) is 6.16. The Morgan fingerprint density at radius 3 is 2.48 bits per heavy atom. The second-order valence-electron chi connectivity index (χ2n) is 4.54. The first-order chi connectivity index (χ1) is 9.72. The predicted octanol–water partition coefficient (Wildman–Crippen LogP) is 1.84. The summed E-state index contributed by atoms with van der Waals surface area (Å²) in [5.74, 6) is -1.31. The molecule has 0 unspecified atom stereocenters. The lowest BCUT2D eigenvalue weighted by Gasteiger charge is -2.09. The van der Waals surface area contributed by atoms with Gasteiger partial charge in [0.25, 0.3) is 10.0 Å². The van der Waals surface area contributed by atoms with Crippen LogP contribution in [0.4, 0.5) is 5.69 Å². The van der Waals surface area contributed by atoms with Crippen molar-refractivity contribution >= 4 is 21.7 Å². The number of hydrogen-bond acceptors (Lipinski definition) is 4. The summed E-state index contributed by atoms with van der Waals surface area (Å²) in [6, 6.07) is 5.64. The Bertz CT molecular complexity index is 808. The molecule has 1 aromatic heterocycles. The number of nitrogens with one attached hydrogen (secondary N) is 2. The highest BCUT2D eigenvalue weighted by molar-refractivity contribution is 7.92. The molecule has 2 rings (SSSR count). The van der Waals surface area contributed by atoms with Crippen molar-refractivity contribution in [2.75, 3.05) is 4.72 Å². The van der Waals surface area contributed by atoms with Gasteiger partial charge in [-0.1, -0.05) is 6.07 Å². The van der Waals surface area contributed by atoms with Crippen molar-refractivity contribution in [3.63, 3.8) is 0 Å². The quantitative estimate of drug-likeness (QED) is 0.687. The molecule has 0 atom stereocenters. The molecule has 0 amide bonds. The van der Waals surface area contributed by atoms with Gasteiger partial charge in [0.1, 0.15) is 16.3 Å². The predicted molar refractivity (Wildman–Crippen MR) is 76.1 cm³/mol. The minimum atomic E-state index is -3.96. The van der Waals surface area contributed by atoms with Crippen molar-refractivity contribution in [3.05, 3.63) is 41.2 Å². The van der Waals surface area contributed by atoms with Crippen LogP contribution in [0.3, 0.4) is 0 Å². The summed E-state index contributed by atoms with van der Waals surface area (Å²) in [5.41, 5.74) is 0.390. The molecule has 21 heavy (non-hydrogen) atoms. The molecule has 0 spiro atoms. The Morgan fingerprint density at radius 1 is 1.29 bits per heavy atom. The minimum Gasteiger partial charge on any atom is -0.508 e. The number of carboxylic acids is 1. The van der Waals surface area contributed by atoms with E-state index < -0.39 is 16.0 Å². The molecule has 1 heterocycles. The van der Waals surface area contributed by atoms with Crippen LogP contribution in [-0.4, -0.2) is 29.6 Å². The van der Waals surface area contributed by atoms with Gasteiger partial charge in [0.15, 0.2) is 0 Å². The van der Waals surface area contributed by atoms with Gasteiger partial charge in [-0.25, -0.2) is 13.2 Å². The van der Waals surface area contributed by atoms with Crippen molar-refractivity contribution in [2.24, 2.45) is 0 Å². The highest BCUT2D eigenvalue weighted by Gasteiger charge is 2.26. The van der Waals surface area contributed by atoms with Crippen LogP contribution in [0.5, 0.6) is 5.75 Å². The lowest BCUT2D eigenvalue weighted by molar-refractivity contribution is 0.0690. The standard InChI is InChI=1S/C13H14N2O5S/c1-7-11(13(17)18)14-8(2)12(7)21(19,20)15-9-4-3-5-10(16)6-9/h3-6,14-16H,1-2H3,(H,17,18). The van der Waals surface area contributed by atoms with Crippen LogP contribution < -0.4 is 4.72 Å². The van der Waals surface area contributed by atoms with Crippen LogP contribution in [0, 0.1) is 13.8 Å². The van der Waals surface area contributed by atoms with E-state index in [1.807, 2.05) is 0 Å². The summed E-state index contributed by atoms with van der Waals surface area (Å²) in [6.07, 6.45) is 0. The normalized spacial score (nSPS) is 11.3. The Kier molecular flexibility index (Phi) is 3.65. The molecule has 0 aliphatic rings. The van der Waals surface area contributed by atoms with Gasteiger partial charge in [-0.2, -0.15) is 0 Å². The number of rotatable bonds is 4. The average Bonchev–Trinajstić information content (AvgIpc) is 2.64. The SMILES string of the molecule is Cc1[nH]c(C(=O)O)c(C)c1S(=O)(=O)Nc1cccc(O)c1. The Hall–Kier alpha value is -2.48. The maximum Gasteiger partial charge on any atom is 0.352 e. The largest absolute Gasteiger partial charge is 0.508 e. The fraction of sp³-hybridized carbons (Fsp3) is 0.154. The average molecular weight is 310 g/mol. The lowest BCUT2D eigenvalue weighted by Crippen LogP contribution is -2.14. The lowest BCUT2D eigenvalue weighted by atomic mass is 10.2. The van der Waals surface area contributed by atoms with Crippen LogP contribution in [0.1, 0.15) is 21.7 Å². The van der Waals surface area contributed by atoms with Crippen molar-refractivity contribution < 1.29 is 23.4 Å². The van der Waals surface area contributed by atoms with Crippen LogP contribution in [0.2, 0.25) is 0 Å². The van der Waals surface area contributed by atoms with Crippen molar-refractivity contribution in [2.45, 2.75) is 18.7 Å². The van der Waals surface area contributed by atoms with Crippen molar-refractivity contribution in [1.29, 1.82) is 0 Å². The number of anilines is 1. The number of hydrogen-bond donors (Lipinski definition) is 4. The van der Waals surface area contributed by atoms with Gasteiger partial charge in [0, 0.05) is 17.3 Å². The van der Waals surface area contributed by atoms with Crippen molar-refractivity contribution in [1.82, 2.24) is 4.98 Å². The first-order valence-corrected chi connectivity index (χ1v) is 7.45. The molecular weight excluding hydrogens is 296 g/mol. The molecule has 4 N–H and O–H groups in total. The number of carboxylic acid groups (broad SMARTS) is 1. The summed E-state index contributed by atoms with van der Waals surface area (Å²) in [7, 11) is -3.96. The van der Waals surface area contributed by atoms with Gasteiger partial charge < -0.3 is 15.2 Å². The van der Waals surface area contributed by atoms with Crippen LogP contribution in [-0.2, 0) is 10.0 Å². The second kappa shape index (κ2) is 5.13. The zero-order chi connectivity index (χ0) is 15.8. The molecule has 0 saturated carbocycles. The van der Waals surface area contributed by atoms with Gasteiger partial charge in [-0.3, -0.25) is 4.72 Å². The van der Waals surface area contributed by atoms with E-state index in [4.69, 9.17) is 5.11 Å². The molecule has 0 aliphatic heterocycles.